The van der Waals surface area contributed by atoms with Crippen LogP contribution in [0.5, 0.6) is 5.75 Å². The Kier molecular flexibility index (Phi) is 4.51. The molecule has 0 atom stereocenters. The summed E-state index contributed by atoms with van der Waals surface area (Å²) in [6.07, 6.45) is 0.432. The van der Waals surface area contributed by atoms with Crippen molar-refractivity contribution in [1.29, 1.82) is 0 Å². The Balaban J connectivity index is 2.76. The molecule has 17 heavy (non-hydrogen) atoms. The van der Waals surface area contributed by atoms with Crippen molar-refractivity contribution in [3.63, 3.8) is 0 Å². The minimum Gasteiger partial charge on any atom is -0.497 e. The normalized spacial score (nSPS) is 10.9. The van der Waals surface area contributed by atoms with Gasteiger partial charge in [0.15, 0.2) is 0 Å². The molecule has 0 aliphatic rings. The van der Waals surface area contributed by atoms with E-state index in [2.05, 4.69) is 4.72 Å². The lowest BCUT2D eigenvalue weighted by atomic mass is 10.2. The average molecular weight is 256 g/mol. The lowest BCUT2D eigenvalue weighted by Crippen LogP contribution is -2.25. The fraction of sp³-hybridized carbons (Fsp3) is 0.364. The number of rotatable bonds is 5. The van der Waals surface area contributed by atoms with Gasteiger partial charge < -0.3 is 4.74 Å². The summed E-state index contributed by atoms with van der Waals surface area (Å²) in [6.45, 7) is 1.71. The maximum absolute atomic E-state index is 11.5. The van der Waals surface area contributed by atoms with Gasteiger partial charge in [-0.05, 0) is 30.7 Å². The van der Waals surface area contributed by atoms with Gasteiger partial charge in [-0.1, -0.05) is 6.92 Å². The van der Waals surface area contributed by atoms with E-state index in [1.165, 1.54) is 19.2 Å². The first kappa shape index (κ1) is 13.5. The van der Waals surface area contributed by atoms with Crippen LogP contribution in [0.3, 0.4) is 0 Å². The van der Waals surface area contributed by atoms with Gasteiger partial charge in [0.05, 0.1) is 12.9 Å². The van der Waals surface area contributed by atoms with Crippen LogP contribution in [0.25, 0.3) is 0 Å². The summed E-state index contributed by atoms with van der Waals surface area (Å²) in [7, 11) is -2.14. The summed E-state index contributed by atoms with van der Waals surface area (Å²) in [4.78, 5) is 11.5. The third kappa shape index (κ3) is 4.07. The topological polar surface area (TPSA) is 74.5 Å². The highest BCUT2D eigenvalue weighted by Crippen LogP contribution is 2.11. The molecule has 0 aromatic heterocycles. The largest absolute Gasteiger partial charge is 0.497 e. The molecule has 6 heteroatoms. The molecule has 0 fully saturated rings. The van der Waals surface area contributed by atoms with Crippen molar-refractivity contribution < 1.29 is 17.9 Å². The smallest absolute Gasteiger partial charge is 0.287 e. The molecule has 0 saturated heterocycles. The van der Waals surface area contributed by atoms with Gasteiger partial charge in [-0.15, -0.1) is 4.72 Å². The van der Waals surface area contributed by atoms with E-state index in [1.54, 1.807) is 19.1 Å². The van der Waals surface area contributed by atoms with E-state index in [9.17, 15) is 13.2 Å². The Morgan fingerprint density at radius 2 is 1.88 bits per heavy atom. The Bertz CT molecular complexity index is 479. The molecule has 0 bridgehead atoms. The fourth-order valence-corrected chi connectivity index (χ4v) is 2.18. The molecule has 1 radical (unpaired) electrons. The van der Waals surface area contributed by atoms with Crippen LogP contribution in [-0.2, 0) is 10.0 Å². The number of nitrogens with zero attached hydrogens (tertiary/aromatic N) is 1. The van der Waals surface area contributed by atoms with Gasteiger partial charge in [0.2, 0.25) is 0 Å². The predicted molar refractivity (Wildman–Crippen MR) is 63.5 cm³/mol. The number of methoxy groups -OCH3 is 1. The van der Waals surface area contributed by atoms with Gasteiger partial charge in [-0.3, -0.25) is 4.79 Å². The third-order valence-corrected chi connectivity index (χ3v) is 3.39. The predicted octanol–water partition coefficient (Wildman–Crippen LogP) is 1.18. The Labute approximate surface area is 101 Å². The van der Waals surface area contributed by atoms with Crippen molar-refractivity contribution in [3.8, 4) is 5.75 Å². The number of ether oxygens (including phenoxy) is 1. The monoisotopic (exact) mass is 256 g/mol. The molecule has 1 amide bonds. The van der Waals surface area contributed by atoms with Crippen molar-refractivity contribution in [1.82, 2.24) is 4.72 Å². The summed E-state index contributed by atoms with van der Waals surface area (Å²) >= 11 is 0. The van der Waals surface area contributed by atoms with Crippen molar-refractivity contribution in [2.45, 2.75) is 13.3 Å². The van der Waals surface area contributed by atoms with Gasteiger partial charge in [-0.2, -0.15) is 0 Å². The van der Waals surface area contributed by atoms with Gasteiger partial charge in [0.25, 0.3) is 15.9 Å². The van der Waals surface area contributed by atoms with Gasteiger partial charge in [0, 0.05) is 5.56 Å². The van der Waals surface area contributed by atoms with Gasteiger partial charge in [-0.25, -0.2) is 8.42 Å². The first-order valence-electron chi connectivity index (χ1n) is 5.12. The van der Waals surface area contributed by atoms with E-state index < -0.39 is 15.9 Å². The zero-order valence-electron chi connectivity index (χ0n) is 9.71. The highest BCUT2D eigenvalue weighted by molar-refractivity contribution is 7.89. The fourth-order valence-electron chi connectivity index (χ4n) is 1.22. The number of amides is 1. The van der Waals surface area contributed by atoms with Gasteiger partial charge in [0.1, 0.15) is 5.75 Å². The highest BCUT2D eigenvalue weighted by atomic mass is 32.2. The van der Waals surface area contributed by atoms with Crippen LogP contribution in [0.4, 0.5) is 0 Å². The molecule has 0 spiro atoms. The molecule has 0 aliphatic carbocycles. The van der Waals surface area contributed by atoms with E-state index in [0.29, 0.717) is 12.2 Å². The summed E-state index contributed by atoms with van der Waals surface area (Å²) in [5, 5.41) is 0. The van der Waals surface area contributed by atoms with Crippen LogP contribution in [0.15, 0.2) is 24.3 Å². The molecule has 1 aromatic rings. The van der Waals surface area contributed by atoms with Crippen LogP contribution in [0.1, 0.15) is 23.7 Å². The lowest BCUT2D eigenvalue weighted by molar-refractivity contribution is 0.0978. The molecule has 0 N–H and O–H groups in total. The van der Waals surface area contributed by atoms with Crippen molar-refractivity contribution in [3.05, 3.63) is 29.8 Å². The molecule has 0 heterocycles. The molecule has 1 rings (SSSR count). The van der Waals surface area contributed by atoms with Crippen molar-refractivity contribution in [2.75, 3.05) is 12.9 Å². The summed E-state index contributed by atoms with van der Waals surface area (Å²) < 4.78 is 30.8. The Morgan fingerprint density at radius 3 is 2.35 bits per heavy atom. The minimum absolute atomic E-state index is 0.116. The number of hydrogen-bond donors (Lipinski definition) is 0. The average Bonchev–Trinajstić information content (AvgIpc) is 2.28. The van der Waals surface area contributed by atoms with E-state index in [1.807, 2.05) is 0 Å². The zero-order valence-corrected chi connectivity index (χ0v) is 10.5. The van der Waals surface area contributed by atoms with Crippen molar-refractivity contribution >= 4 is 15.9 Å². The molecule has 93 valence electrons. The second-order valence-electron chi connectivity index (χ2n) is 3.41. The molecule has 5 nitrogen and oxygen atoms in total. The molecule has 0 unspecified atom stereocenters. The van der Waals surface area contributed by atoms with E-state index in [-0.39, 0.29) is 11.3 Å². The molecule has 1 aromatic carbocycles. The molecular weight excluding hydrogens is 242 g/mol. The second kappa shape index (κ2) is 5.67. The zero-order chi connectivity index (χ0) is 12.9. The summed E-state index contributed by atoms with van der Waals surface area (Å²) in [5.74, 6) is -0.270. The van der Waals surface area contributed by atoms with Crippen LogP contribution >= 0.6 is 0 Å². The molecule has 0 aliphatic heterocycles. The van der Waals surface area contributed by atoms with Crippen LogP contribution in [0.2, 0.25) is 0 Å². The molecule has 0 saturated carbocycles. The second-order valence-corrected chi connectivity index (χ2v) is 5.17. The number of carbonyl (C=O) groups excluding carboxylic acids is 1. The molecular formula is C11H14NO4S. The summed E-state index contributed by atoms with van der Waals surface area (Å²) in [5.41, 5.74) is 0.227. The van der Waals surface area contributed by atoms with E-state index in [4.69, 9.17) is 4.74 Å². The van der Waals surface area contributed by atoms with Crippen LogP contribution < -0.4 is 9.46 Å². The van der Waals surface area contributed by atoms with E-state index >= 15 is 0 Å². The number of hydrogen-bond acceptors (Lipinski definition) is 4. The Morgan fingerprint density at radius 1 is 1.29 bits per heavy atom. The maximum Gasteiger partial charge on any atom is 0.287 e. The summed E-state index contributed by atoms with van der Waals surface area (Å²) in [6, 6.07) is 6.11. The number of benzene rings is 1. The first-order valence-corrected chi connectivity index (χ1v) is 6.73. The number of sulfonamides is 1. The van der Waals surface area contributed by atoms with E-state index in [0.717, 1.165) is 0 Å². The first-order chi connectivity index (χ1) is 7.98. The van der Waals surface area contributed by atoms with Crippen LogP contribution in [-0.4, -0.2) is 27.2 Å². The third-order valence-electron chi connectivity index (χ3n) is 2.02. The highest BCUT2D eigenvalue weighted by Gasteiger charge is 2.17. The minimum atomic E-state index is -3.65. The van der Waals surface area contributed by atoms with Gasteiger partial charge >= 0.3 is 0 Å². The Hall–Kier alpha value is -1.56. The SMILES string of the molecule is CCCS(=O)(=O)[N]C(=O)c1ccc(OC)cc1. The lowest BCUT2D eigenvalue weighted by Gasteiger charge is -2.03. The maximum atomic E-state index is 11.5. The van der Waals surface area contributed by atoms with Crippen LogP contribution in [0, 0.1) is 0 Å². The quantitative estimate of drug-likeness (QED) is 0.792. The number of carbonyl (C=O) groups is 1. The van der Waals surface area contributed by atoms with Crippen molar-refractivity contribution in [2.24, 2.45) is 0 Å². The standard InChI is InChI=1S/C11H14NO4S/c1-3-8-17(14,15)12-11(13)9-4-6-10(16-2)7-5-9/h4-7H,3,8H2,1-2H3.